The van der Waals surface area contributed by atoms with Crippen molar-refractivity contribution in [2.75, 3.05) is 19.1 Å². The molecule has 2 aromatic rings. The first-order chi connectivity index (χ1) is 13.5. The highest BCUT2D eigenvalue weighted by molar-refractivity contribution is 9.10. The third kappa shape index (κ3) is 3.01. The van der Waals surface area contributed by atoms with Gasteiger partial charge in [-0.15, -0.1) is 0 Å². The van der Waals surface area contributed by atoms with Crippen LogP contribution < -0.4 is 14.4 Å². The summed E-state index contributed by atoms with van der Waals surface area (Å²) in [7, 11) is 3.14. The Morgan fingerprint density at radius 1 is 1.00 bits per heavy atom. The van der Waals surface area contributed by atoms with Crippen molar-refractivity contribution in [3.63, 3.8) is 0 Å². The number of nitrogens with zero attached hydrogens (tertiary/aromatic N) is 4. The van der Waals surface area contributed by atoms with Crippen molar-refractivity contribution in [2.24, 2.45) is 10.3 Å². The van der Waals surface area contributed by atoms with E-state index in [2.05, 4.69) is 26.3 Å². The Labute approximate surface area is 169 Å². The second kappa shape index (κ2) is 7.23. The van der Waals surface area contributed by atoms with E-state index >= 15 is 0 Å². The van der Waals surface area contributed by atoms with E-state index in [0.29, 0.717) is 23.7 Å². The fraction of sp³-hybridized carbons (Fsp3) is 0.263. The molecule has 1 fully saturated rings. The Bertz CT molecular complexity index is 963. The predicted molar refractivity (Wildman–Crippen MR) is 104 cm³/mol. The predicted octanol–water partition coefficient (Wildman–Crippen LogP) is 2.96. The van der Waals surface area contributed by atoms with Crippen molar-refractivity contribution >= 4 is 33.4 Å². The molecule has 2 aliphatic heterocycles. The van der Waals surface area contributed by atoms with E-state index in [0.717, 1.165) is 10.0 Å². The van der Waals surface area contributed by atoms with Crippen LogP contribution >= 0.6 is 15.9 Å². The smallest absolute Gasteiger partial charge is 0.263 e. The van der Waals surface area contributed by atoms with E-state index < -0.39 is 12.1 Å². The number of hydrogen-bond acceptors (Lipinski definition) is 7. The summed E-state index contributed by atoms with van der Waals surface area (Å²) in [5.41, 5.74) is 1.37. The summed E-state index contributed by atoms with van der Waals surface area (Å²) in [5, 5.41) is 9.68. The van der Waals surface area contributed by atoms with E-state index in [1.54, 1.807) is 43.5 Å². The number of anilines is 1. The van der Waals surface area contributed by atoms with E-state index in [9.17, 15) is 9.59 Å². The molecule has 9 heteroatoms. The molecule has 2 amide bonds. The number of fused-ring (bicyclic) bond motifs is 1. The molecule has 2 heterocycles. The van der Waals surface area contributed by atoms with Crippen LogP contribution in [-0.4, -0.2) is 43.1 Å². The zero-order valence-electron chi connectivity index (χ0n) is 15.2. The molecular formula is C19H17BrN4O4. The van der Waals surface area contributed by atoms with Crippen LogP contribution in [0.2, 0.25) is 0 Å². The van der Waals surface area contributed by atoms with Gasteiger partial charge in [0.25, 0.3) is 11.8 Å². The molecule has 1 saturated heterocycles. The molecule has 2 atom stereocenters. The van der Waals surface area contributed by atoms with E-state index in [4.69, 9.17) is 9.47 Å². The van der Waals surface area contributed by atoms with Gasteiger partial charge in [0.05, 0.1) is 26.5 Å². The van der Waals surface area contributed by atoms with Crippen LogP contribution in [0, 0.1) is 0 Å². The van der Waals surface area contributed by atoms with Crippen molar-refractivity contribution < 1.29 is 19.1 Å². The van der Waals surface area contributed by atoms with Crippen LogP contribution in [0.4, 0.5) is 5.69 Å². The monoisotopic (exact) mass is 444 g/mol. The fourth-order valence-corrected chi connectivity index (χ4v) is 3.69. The summed E-state index contributed by atoms with van der Waals surface area (Å²) >= 11 is 3.50. The van der Waals surface area contributed by atoms with Gasteiger partial charge in [-0.05, 0) is 48.0 Å². The molecule has 28 heavy (non-hydrogen) atoms. The SMILES string of the molecule is COc1ccc(N2C(=O)C3N=NN(Cc4cc(OC)ccc4Br)C3C2=O)cc1. The molecule has 0 aliphatic carbocycles. The number of amides is 2. The maximum Gasteiger partial charge on any atom is 0.263 e. The Morgan fingerprint density at radius 3 is 2.36 bits per heavy atom. The summed E-state index contributed by atoms with van der Waals surface area (Å²) in [4.78, 5) is 27.0. The van der Waals surface area contributed by atoms with Gasteiger partial charge in [-0.1, -0.05) is 21.2 Å². The number of halogens is 1. The lowest BCUT2D eigenvalue weighted by Crippen LogP contribution is -2.39. The highest BCUT2D eigenvalue weighted by Gasteiger charge is 2.54. The number of ether oxygens (including phenoxy) is 2. The topological polar surface area (TPSA) is 83.8 Å². The summed E-state index contributed by atoms with van der Waals surface area (Å²) < 4.78 is 11.2. The lowest BCUT2D eigenvalue weighted by atomic mass is 10.1. The lowest BCUT2D eigenvalue weighted by molar-refractivity contribution is -0.123. The van der Waals surface area contributed by atoms with E-state index in [1.807, 2.05) is 18.2 Å². The van der Waals surface area contributed by atoms with Gasteiger partial charge in [-0.2, -0.15) is 5.11 Å². The van der Waals surface area contributed by atoms with Gasteiger partial charge in [0.1, 0.15) is 11.5 Å². The average molecular weight is 445 g/mol. The number of hydrogen-bond donors (Lipinski definition) is 0. The zero-order valence-corrected chi connectivity index (χ0v) is 16.8. The number of rotatable bonds is 5. The summed E-state index contributed by atoms with van der Waals surface area (Å²) in [6, 6.07) is 10.7. The van der Waals surface area contributed by atoms with Gasteiger partial charge in [0.2, 0.25) is 0 Å². The minimum atomic E-state index is -0.834. The van der Waals surface area contributed by atoms with Crippen molar-refractivity contribution in [1.29, 1.82) is 0 Å². The molecular weight excluding hydrogens is 428 g/mol. The first-order valence-corrected chi connectivity index (χ1v) is 9.34. The lowest BCUT2D eigenvalue weighted by Gasteiger charge is -2.21. The molecule has 4 rings (SSSR count). The Kier molecular flexibility index (Phi) is 4.76. The number of imide groups is 1. The largest absolute Gasteiger partial charge is 0.497 e. The van der Waals surface area contributed by atoms with E-state index in [-0.39, 0.29) is 11.8 Å². The third-order valence-electron chi connectivity index (χ3n) is 4.77. The van der Waals surface area contributed by atoms with Gasteiger partial charge in [0.15, 0.2) is 12.1 Å². The molecule has 0 N–H and O–H groups in total. The molecule has 8 nitrogen and oxygen atoms in total. The van der Waals surface area contributed by atoms with Crippen molar-refractivity contribution in [3.8, 4) is 11.5 Å². The van der Waals surface area contributed by atoms with Crippen molar-refractivity contribution in [2.45, 2.75) is 18.6 Å². The van der Waals surface area contributed by atoms with Gasteiger partial charge in [0, 0.05) is 4.47 Å². The number of benzene rings is 2. The van der Waals surface area contributed by atoms with Crippen LogP contribution in [0.1, 0.15) is 5.56 Å². The molecule has 2 aromatic carbocycles. The molecule has 0 bridgehead atoms. The van der Waals surface area contributed by atoms with Crippen molar-refractivity contribution in [3.05, 3.63) is 52.5 Å². The normalized spacial score (nSPS) is 20.7. The van der Waals surface area contributed by atoms with Gasteiger partial charge < -0.3 is 9.47 Å². The maximum atomic E-state index is 13.0. The highest BCUT2D eigenvalue weighted by Crippen LogP contribution is 2.34. The number of carbonyl (C=O) groups is 2. The van der Waals surface area contributed by atoms with Crippen LogP contribution in [0.5, 0.6) is 11.5 Å². The van der Waals surface area contributed by atoms with Crippen LogP contribution in [-0.2, 0) is 16.1 Å². The zero-order chi connectivity index (χ0) is 19.8. The van der Waals surface area contributed by atoms with Gasteiger partial charge in [-0.3, -0.25) is 14.6 Å². The van der Waals surface area contributed by atoms with Gasteiger partial charge in [-0.25, -0.2) is 4.90 Å². The summed E-state index contributed by atoms with van der Waals surface area (Å²) in [6.45, 7) is 0.317. The number of carbonyl (C=O) groups excluding carboxylic acids is 2. The first-order valence-electron chi connectivity index (χ1n) is 8.55. The Balaban J connectivity index is 1.59. The van der Waals surface area contributed by atoms with Crippen molar-refractivity contribution in [1.82, 2.24) is 5.01 Å². The Morgan fingerprint density at radius 2 is 1.68 bits per heavy atom. The van der Waals surface area contributed by atoms with Crippen LogP contribution in [0.25, 0.3) is 0 Å². The molecule has 2 unspecified atom stereocenters. The maximum absolute atomic E-state index is 13.0. The average Bonchev–Trinajstić information content (AvgIpc) is 3.23. The summed E-state index contributed by atoms with van der Waals surface area (Å²) in [6.07, 6.45) is 0. The Hall–Kier alpha value is -2.94. The quantitative estimate of drug-likeness (QED) is 0.661. The second-order valence-electron chi connectivity index (χ2n) is 6.36. The van der Waals surface area contributed by atoms with E-state index in [1.165, 1.54) is 4.90 Å². The molecule has 0 spiro atoms. The molecule has 2 aliphatic rings. The van der Waals surface area contributed by atoms with Crippen LogP contribution in [0.3, 0.4) is 0 Å². The minimum absolute atomic E-state index is 0.317. The molecule has 0 saturated carbocycles. The highest BCUT2D eigenvalue weighted by atomic mass is 79.9. The standard InChI is InChI=1S/C19H17BrN4O4/c1-27-13-5-3-12(4-6-13)24-18(25)16-17(19(24)26)23(22-21-16)10-11-9-14(28-2)7-8-15(11)20/h3-9,16-17H,10H2,1-2H3. The summed E-state index contributed by atoms with van der Waals surface area (Å²) in [5.74, 6) is 0.618. The minimum Gasteiger partial charge on any atom is -0.497 e. The molecule has 0 radical (unpaired) electrons. The third-order valence-corrected chi connectivity index (χ3v) is 5.55. The van der Waals surface area contributed by atoms with Gasteiger partial charge >= 0.3 is 0 Å². The fourth-order valence-electron chi connectivity index (χ4n) is 3.31. The molecule has 0 aromatic heterocycles. The number of methoxy groups -OCH3 is 2. The first kappa shape index (κ1) is 18.4. The second-order valence-corrected chi connectivity index (χ2v) is 7.21. The molecule has 144 valence electrons. The van der Waals surface area contributed by atoms with Crippen LogP contribution in [0.15, 0.2) is 57.3 Å².